The van der Waals surface area contributed by atoms with E-state index in [-0.39, 0.29) is 11.8 Å². The van der Waals surface area contributed by atoms with Gasteiger partial charge in [-0.1, -0.05) is 54.6 Å². The lowest BCUT2D eigenvalue weighted by molar-refractivity contribution is -0.111. The van der Waals surface area contributed by atoms with E-state index in [1.54, 1.807) is 30.3 Å². The fourth-order valence-electron chi connectivity index (χ4n) is 2.85. The minimum absolute atomic E-state index is 0.245. The number of nitrogens with one attached hydrogen (secondary N) is 2. The maximum absolute atomic E-state index is 12.6. The van der Waals surface area contributed by atoms with Crippen LogP contribution in [0.15, 0.2) is 84.9 Å². The molecule has 0 aromatic heterocycles. The van der Waals surface area contributed by atoms with Gasteiger partial charge in [0.1, 0.15) is 5.75 Å². The minimum Gasteiger partial charge on any atom is -0.494 e. The smallest absolute Gasteiger partial charge is 0.253 e. The Bertz CT molecular complexity index is 1010. The molecular weight excluding hydrogens is 376 g/mol. The van der Waals surface area contributed by atoms with Crippen LogP contribution in [0.25, 0.3) is 6.08 Å². The molecule has 30 heavy (non-hydrogen) atoms. The molecule has 0 aliphatic heterocycles. The summed E-state index contributed by atoms with van der Waals surface area (Å²) in [4.78, 5) is 24.9. The molecule has 0 saturated carbocycles. The number of hydrogen-bond acceptors (Lipinski definition) is 3. The molecule has 2 amide bonds. The molecule has 0 radical (unpaired) electrons. The van der Waals surface area contributed by atoms with Crippen molar-refractivity contribution in [2.24, 2.45) is 0 Å². The van der Waals surface area contributed by atoms with Crippen molar-refractivity contribution < 1.29 is 14.3 Å². The second kappa shape index (κ2) is 10.6. The third kappa shape index (κ3) is 6.07. The molecule has 0 saturated heterocycles. The van der Waals surface area contributed by atoms with Crippen LogP contribution < -0.4 is 15.4 Å². The fourth-order valence-corrected chi connectivity index (χ4v) is 2.85. The van der Waals surface area contributed by atoms with Gasteiger partial charge in [-0.15, -0.1) is 0 Å². The van der Waals surface area contributed by atoms with Gasteiger partial charge in [0.2, 0.25) is 5.91 Å². The van der Waals surface area contributed by atoms with Gasteiger partial charge in [-0.3, -0.25) is 9.59 Å². The molecule has 3 rings (SSSR count). The zero-order valence-corrected chi connectivity index (χ0v) is 16.8. The Morgan fingerprint density at radius 1 is 0.900 bits per heavy atom. The monoisotopic (exact) mass is 400 g/mol. The van der Waals surface area contributed by atoms with Gasteiger partial charge >= 0.3 is 0 Å². The van der Waals surface area contributed by atoms with Gasteiger partial charge in [0.25, 0.3) is 5.91 Å². The number of hydrogen-bond donors (Lipinski definition) is 2. The number of ether oxygens (including phenoxy) is 1. The number of benzene rings is 3. The van der Waals surface area contributed by atoms with Gasteiger partial charge < -0.3 is 15.4 Å². The van der Waals surface area contributed by atoms with E-state index in [1.165, 1.54) is 6.08 Å². The molecule has 0 aliphatic rings. The van der Waals surface area contributed by atoms with Crippen molar-refractivity contribution in [1.82, 2.24) is 5.32 Å². The molecule has 0 atom stereocenters. The van der Waals surface area contributed by atoms with Gasteiger partial charge in [-0.2, -0.15) is 0 Å². The first kappa shape index (κ1) is 20.9. The highest BCUT2D eigenvalue weighted by Gasteiger charge is 2.12. The molecule has 5 nitrogen and oxygen atoms in total. The highest BCUT2D eigenvalue weighted by molar-refractivity contribution is 6.07. The Kier molecular flexibility index (Phi) is 7.39. The summed E-state index contributed by atoms with van der Waals surface area (Å²) in [6.07, 6.45) is 3.15. The number of amides is 2. The van der Waals surface area contributed by atoms with E-state index in [2.05, 4.69) is 10.6 Å². The molecule has 5 heteroatoms. The van der Waals surface area contributed by atoms with Gasteiger partial charge in [-0.25, -0.2) is 0 Å². The van der Waals surface area contributed by atoms with Crippen molar-refractivity contribution in [2.75, 3.05) is 11.9 Å². The zero-order chi connectivity index (χ0) is 21.2. The van der Waals surface area contributed by atoms with E-state index in [1.807, 2.05) is 61.5 Å². The lowest BCUT2D eigenvalue weighted by Gasteiger charge is -2.10. The average Bonchev–Trinajstić information content (AvgIpc) is 2.78. The van der Waals surface area contributed by atoms with E-state index in [0.717, 1.165) is 16.9 Å². The van der Waals surface area contributed by atoms with Crippen LogP contribution in [0.1, 0.15) is 28.4 Å². The number of anilines is 1. The first-order valence-electron chi connectivity index (χ1n) is 9.79. The fraction of sp³-hybridized carbons (Fsp3) is 0.120. The van der Waals surface area contributed by atoms with Crippen LogP contribution in [0.4, 0.5) is 5.69 Å². The number of para-hydroxylation sites is 1. The summed E-state index contributed by atoms with van der Waals surface area (Å²) in [5.74, 6) is 0.229. The molecule has 2 N–H and O–H groups in total. The Balaban J connectivity index is 1.62. The van der Waals surface area contributed by atoms with Crippen molar-refractivity contribution in [3.63, 3.8) is 0 Å². The maximum Gasteiger partial charge on any atom is 0.253 e. The molecule has 3 aromatic carbocycles. The molecule has 0 spiro atoms. The number of carbonyl (C=O) groups is 2. The highest BCUT2D eigenvalue weighted by Crippen LogP contribution is 2.16. The lowest BCUT2D eigenvalue weighted by atomic mass is 10.1. The van der Waals surface area contributed by atoms with Crippen LogP contribution in [0.5, 0.6) is 5.75 Å². The third-order valence-corrected chi connectivity index (χ3v) is 4.34. The van der Waals surface area contributed by atoms with Crippen LogP contribution in [-0.2, 0) is 11.3 Å². The molecule has 0 fully saturated rings. The van der Waals surface area contributed by atoms with Crippen LogP contribution in [0.3, 0.4) is 0 Å². The van der Waals surface area contributed by atoms with E-state index in [0.29, 0.717) is 24.4 Å². The SMILES string of the molecule is CCOc1ccc(/C=C/C(=O)Nc2ccccc2C(=O)NCc2ccccc2)cc1. The zero-order valence-electron chi connectivity index (χ0n) is 16.8. The summed E-state index contributed by atoms with van der Waals surface area (Å²) in [5.41, 5.74) is 2.76. The van der Waals surface area contributed by atoms with E-state index in [9.17, 15) is 9.59 Å². The normalized spacial score (nSPS) is 10.6. The average molecular weight is 400 g/mol. The topological polar surface area (TPSA) is 67.4 Å². The van der Waals surface area contributed by atoms with Crippen molar-refractivity contribution in [3.8, 4) is 5.75 Å². The molecule has 0 aliphatic carbocycles. The molecule has 0 bridgehead atoms. The molecular formula is C25H24N2O3. The van der Waals surface area contributed by atoms with Crippen LogP contribution in [0, 0.1) is 0 Å². The minimum atomic E-state index is -0.313. The van der Waals surface area contributed by atoms with Gasteiger partial charge in [-0.05, 0) is 48.4 Å². The summed E-state index contributed by atoms with van der Waals surface area (Å²) in [7, 11) is 0. The third-order valence-electron chi connectivity index (χ3n) is 4.34. The summed E-state index contributed by atoms with van der Waals surface area (Å²) in [5, 5.41) is 5.66. The van der Waals surface area contributed by atoms with Crippen molar-refractivity contribution in [3.05, 3.63) is 102 Å². The largest absolute Gasteiger partial charge is 0.494 e. The first-order valence-corrected chi connectivity index (χ1v) is 9.79. The molecule has 0 heterocycles. The first-order chi connectivity index (χ1) is 14.7. The Hall–Kier alpha value is -3.86. The van der Waals surface area contributed by atoms with Gasteiger partial charge in [0, 0.05) is 12.6 Å². The Morgan fingerprint density at radius 3 is 2.33 bits per heavy atom. The van der Waals surface area contributed by atoms with Crippen LogP contribution in [0.2, 0.25) is 0 Å². The Labute approximate surface area is 176 Å². The van der Waals surface area contributed by atoms with E-state index in [4.69, 9.17) is 4.74 Å². The van der Waals surface area contributed by atoms with Crippen LogP contribution >= 0.6 is 0 Å². The number of rotatable bonds is 8. The van der Waals surface area contributed by atoms with Crippen molar-refractivity contribution in [1.29, 1.82) is 0 Å². The van der Waals surface area contributed by atoms with Crippen molar-refractivity contribution in [2.45, 2.75) is 13.5 Å². The summed E-state index contributed by atoms with van der Waals surface area (Å²) in [6.45, 7) is 2.95. The lowest BCUT2D eigenvalue weighted by Crippen LogP contribution is -2.24. The van der Waals surface area contributed by atoms with Crippen molar-refractivity contribution >= 4 is 23.6 Å². The van der Waals surface area contributed by atoms with E-state index < -0.39 is 0 Å². The Morgan fingerprint density at radius 2 is 1.60 bits per heavy atom. The molecule has 0 unspecified atom stereocenters. The number of carbonyl (C=O) groups excluding carboxylic acids is 2. The van der Waals surface area contributed by atoms with Gasteiger partial charge in [0.05, 0.1) is 17.9 Å². The van der Waals surface area contributed by atoms with Gasteiger partial charge in [0.15, 0.2) is 0 Å². The molecule has 3 aromatic rings. The second-order valence-corrected chi connectivity index (χ2v) is 6.54. The summed E-state index contributed by atoms with van der Waals surface area (Å²) >= 11 is 0. The predicted octanol–water partition coefficient (Wildman–Crippen LogP) is 4.67. The van der Waals surface area contributed by atoms with Crippen LogP contribution in [-0.4, -0.2) is 18.4 Å². The quantitative estimate of drug-likeness (QED) is 0.540. The molecule has 152 valence electrons. The second-order valence-electron chi connectivity index (χ2n) is 6.54. The maximum atomic E-state index is 12.6. The highest BCUT2D eigenvalue weighted by atomic mass is 16.5. The standard InChI is InChI=1S/C25H24N2O3/c1-2-30-21-15-12-19(13-16-21)14-17-24(28)27-23-11-7-6-10-22(23)25(29)26-18-20-8-4-3-5-9-20/h3-17H,2,18H2,1H3,(H,26,29)(H,27,28)/b17-14+. The summed E-state index contributed by atoms with van der Waals surface area (Å²) in [6, 6.07) is 24.1. The predicted molar refractivity (Wildman–Crippen MR) is 119 cm³/mol. The summed E-state index contributed by atoms with van der Waals surface area (Å²) < 4.78 is 5.41. The van der Waals surface area contributed by atoms with E-state index >= 15 is 0 Å².